The predicted molar refractivity (Wildman–Crippen MR) is 69.9 cm³/mol. The van der Waals surface area contributed by atoms with Crippen molar-refractivity contribution in [1.82, 2.24) is 10.2 Å². The SMILES string of the molecule is C[C@@H](O)CN(C)C(=O)NCc1ccc(C(=O)O)cc1. The van der Waals surface area contributed by atoms with Gasteiger partial charge in [-0.2, -0.15) is 0 Å². The van der Waals surface area contributed by atoms with Crippen molar-refractivity contribution in [2.45, 2.75) is 19.6 Å². The van der Waals surface area contributed by atoms with E-state index in [0.29, 0.717) is 6.54 Å². The summed E-state index contributed by atoms with van der Waals surface area (Å²) in [7, 11) is 1.59. The molecular weight excluding hydrogens is 248 g/mol. The topological polar surface area (TPSA) is 89.9 Å². The van der Waals surface area contributed by atoms with Gasteiger partial charge in [-0.3, -0.25) is 0 Å². The van der Waals surface area contributed by atoms with Crippen LogP contribution in [0, 0.1) is 0 Å². The Morgan fingerprint density at radius 1 is 1.32 bits per heavy atom. The standard InChI is InChI=1S/C13H18N2O4/c1-9(16)8-15(2)13(19)14-7-10-3-5-11(6-4-10)12(17)18/h3-6,9,16H,7-8H2,1-2H3,(H,14,19)(H,17,18)/t9-/m1/s1. The second kappa shape index (κ2) is 6.75. The minimum atomic E-state index is -0.979. The molecule has 1 aromatic carbocycles. The first-order chi connectivity index (χ1) is 8.90. The molecule has 0 aromatic heterocycles. The number of carbonyl (C=O) groups excluding carboxylic acids is 1. The molecule has 1 rings (SSSR count). The van der Waals surface area contributed by atoms with Gasteiger partial charge in [0.05, 0.1) is 11.7 Å². The second-order valence-corrected chi connectivity index (χ2v) is 4.39. The number of hydrogen-bond donors (Lipinski definition) is 3. The van der Waals surface area contributed by atoms with Crippen LogP contribution < -0.4 is 5.32 Å². The smallest absolute Gasteiger partial charge is 0.335 e. The van der Waals surface area contributed by atoms with Crippen molar-refractivity contribution < 1.29 is 19.8 Å². The molecule has 6 heteroatoms. The largest absolute Gasteiger partial charge is 0.478 e. The Kier molecular flexibility index (Phi) is 5.32. The van der Waals surface area contributed by atoms with E-state index in [9.17, 15) is 9.59 Å². The molecular formula is C13H18N2O4. The summed E-state index contributed by atoms with van der Waals surface area (Å²) in [6.45, 7) is 2.17. The minimum Gasteiger partial charge on any atom is -0.478 e. The zero-order valence-electron chi connectivity index (χ0n) is 11.0. The van der Waals surface area contributed by atoms with E-state index in [1.165, 1.54) is 17.0 Å². The molecule has 0 heterocycles. The number of carboxylic acid groups (broad SMARTS) is 1. The molecule has 0 spiro atoms. The Labute approximate surface area is 111 Å². The Morgan fingerprint density at radius 3 is 2.37 bits per heavy atom. The average Bonchev–Trinajstić information content (AvgIpc) is 2.35. The second-order valence-electron chi connectivity index (χ2n) is 4.39. The van der Waals surface area contributed by atoms with E-state index in [0.717, 1.165) is 5.56 Å². The number of nitrogens with zero attached hydrogens (tertiary/aromatic N) is 1. The summed E-state index contributed by atoms with van der Waals surface area (Å²) in [5.41, 5.74) is 1.02. The molecule has 0 saturated carbocycles. The number of benzene rings is 1. The van der Waals surface area contributed by atoms with Gasteiger partial charge in [-0.25, -0.2) is 9.59 Å². The Morgan fingerprint density at radius 2 is 1.89 bits per heavy atom. The minimum absolute atomic E-state index is 0.210. The molecule has 104 valence electrons. The van der Waals surface area contributed by atoms with Crippen LogP contribution in [0.5, 0.6) is 0 Å². The summed E-state index contributed by atoms with van der Waals surface area (Å²) < 4.78 is 0. The number of aliphatic hydroxyl groups is 1. The van der Waals surface area contributed by atoms with Crippen molar-refractivity contribution in [3.05, 3.63) is 35.4 Å². The zero-order valence-corrected chi connectivity index (χ0v) is 11.0. The number of carbonyl (C=O) groups is 2. The van der Waals surface area contributed by atoms with Gasteiger partial charge in [-0.05, 0) is 24.6 Å². The summed E-state index contributed by atoms with van der Waals surface area (Å²) >= 11 is 0. The van der Waals surface area contributed by atoms with Gasteiger partial charge in [0, 0.05) is 20.1 Å². The first-order valence-electron chi connectivity index (χ1n) is 5.89. The van der Waals surface area contributed by atoms with Crippen molar-refractivity contribution in [2.75, 3.05) is 13.6 Å². The van der Waals surface area contributed by atoms with Crippen LogP contribution in [0.1, 0.15) is 22.8 Å². The molecule has 1 aromatic rings. The normalized spacial score (nSPS) is 11.7. The lowest BCUT2D eigenvalue weighted by molar-refractivity contribution is 0.0697. The van der Waals surface area contributed by atoms with Crippen molar-refractivity contribution in [3.63, 3.8) is 0 Å². The van der Waals surface area contributed by atoms with Crippen molar-refractivity contribution in [3.8, 4) is 0 Å². The lowest BCUT2D eigenvalue weighted by atomic mass is 10.1. The van der Waals surface area contributed by atoms with Gasteiger partial charge < -0.3 is 20.4 Å². The molecule has 0 aliphatic rings. The molecule has 0 aliphatic carbocycles. The van der Waals surface area contributed by atoms with Crippen molar-refractivity contribution in [1.29, 1.82) is 0 Å². The van der Waals surface area contributed by atoms with Gasteiger partial charge in [0.15, 0.2) is 0 Å². The summed E-state index contributed by atoms with van der Waals surface area (Å²) in [6.07, 6.45) is -0.578. The van der Waals surface area contributed by atoms with Crippen molar-refractivity contribution >= 4 is 12.0 Å². The highest BCUT2D eigenvalue weighted by molar-refractivity contribution is 5.87. The molecule has 0 unspecified atom stereocenters. The van der Waals surface area contributed by atoms with Crippen LogP contribution in [0.3, 0.4) is 0 Å². The van der Waals surface area contributed by atoms with Crippen LogP contribution in [0.4, 0.5) is 4.79 Å². The third kappa shape index (κ3) is 4.97. The number of amides is 2. The summed E-state index contributed by atoms with van der Waals surface area (Å²) in [5, 5.41) is 20.6. The maximum Gasteiger partial charge on any atom is 0.335 e. The van der Waals surface area contributed by atoms with E-state index in [-0.39, 0.29) is 18.1 Å². The van der Waals surface area contributed by atoms with Crippen LogP contribution in [0.25, 0.3) is 0 Å². The van der Waals surface area contributed by atoms with Gasteiger partial charge in [0.2, 0.25) is 0 Å². The van der Waals surface area contributed by atoms with Crippen LogP contribution in [0.15, 0.2) is 24.3 Å². The quantitative estimate of drug-likeness (QED) is 0.739. The number of rotatable bonds is 5. The zero-order chi connectivity index (χ0) is 14.4. The van der Waals surface area contributed by atoms with Crippen LogP contribution in [0.2, 0.25) is 0 Å². The number of carboxylic acids is 1. The molecule has 0 fully saturated rings. The predicted octanol–water partition coefficient (Wildman–Crippen LogP) is 0.907. The Hall–Kier alpha value is -2.08. The molecule has 0 radical (unpaired) electrons. The fourth-order valence-electron chi connectivity index (χ4n) is 1.56. The third-order valence-electron chi connectivity index (χ3n) is 2.53. The van der Waals surface area contributed by atoms with Crippen LogP contribution in [-0.4, -0.2) is 46.8 Å². The van der Waals surface area contributed by atoms with Gasteiger partial charge in [0.25, 0.3) is 0 Å². The third-order valence-corrected chi connectivity index (χ3v) is 2.53. The highest BCUT2D eigenvalue weighted by atomic mass is 16.4. The molecule has 0 saturated heterocycles. The highest BCUT2D eigenvalue weighted by Gasteiger charge is 2.10. The van der Waals surface area contributed by atoms with Gasteiger partial charge >= 0.3 is 12.0 Å². The number of aromatic carboxylic acids is 1. The lowest BCUT2D eigenvalue weighted by Gasteiger charge is -2.19. The van der Waals surface area contributed by atoms with Crippen LogP contribution >= 0.6 is 0 Å². The monoisotopic (exact) mass is 266 g/mol. The van der Waals surface area contributed by atoms with Gasteiger partial charge in [-0.15, -0.1) is 0 Å². The lowest BCUT2D eigenvalue weighted by Crippen LogP contribution is -2.40. The maximum absolute atomic E-state index is 11.6. The molecule has 0 bridgehead atoms. The van der Waals surface area contributed by atoms with E-state index in [1.54, 1.807) is 26.1 Å². The first kappa shape index (κ1) is 15.0. The summed E-state index contributed by atoms with van der Waals surface area (Å²) in [4.78, 5) is 23.7. The fourth-order valence-corrected chi connectivity index (χ4v) is 1.56. The first-order valence-corrected chi connectivity index (χ1v) is 5.89. The molecule has 3 N–H and O–H groups in total. The van der Waals surface area contributed by atoms with Gasteiger partial charge in [0.1, 0.15) is 0 Å². The molecule has 19 heavy (non-hydrogen) atoms. The molecule has 0 aliphatic heterocycles. The highest BCUT2D eigenvalue weighted by Crippen LogP contribution is 2.04. The molecule has 1 atom stereocenters. The van der Waals surface area contributed by atoms with E-state index in [1.807, 2.05) is 0 Å². The average molecular weight is 266 g/mol. The summed E-state index contributed by atoms with van der Waals surface area (Å²) in [6, 6.07) is 5.99. The van der Waals surface area contributed by atoms with Crippen molar-refractivity contribution in [2.24, 2.45) is 0 Å². The number of likely N-dealkylation sites (N-methyl/N-ethyl adjacent to an activating group) is 1. The summed E-state index contributed by atoms with van der Waals surface area (Å²) in [5.74, 6) is -0.979. The van der Waals surface area contributed by atoms with E-state index >= 15 is 0 Å². The maximum atomic E-state index is 11.6. The number of hydrogen-bond acceptors (Lipinski definition) is 3. The van der Waals surface area contributed by atoms with Gasteiger partial charge in [-0.1, -0.05) is 12.1 Å². The van der Waals surface area contributed by atoms with E-state index < -0.39 is 12.1 Å². The number of urea groups is 1. The molecule has 2 amide bonds. The Balaban J connectivity index is 2.48. The molecule has 6 nitrogen and oxygen atoms in total. The Bertz CT molecular complexity index is 442. The van der Waals surface area contributed by atoms with E-state index in [2.05, 4.69) is 5.32 Å². The fraction of sp³-hybridized carbons (Fsp3) is 0.385. The number of aliphatic hydroxyl groups excluding tert-OH is 1. The number of nitrogens with one attached hydrogen (secondary N) is 1. The van der Waals surface area contributed by atoms with Crippen LogP contribution in [-0.2, 0) is 6.54 Å². The van der Waals surface area contributed by atoms with E-state index in [4.69, 9.17) is 10.2 Å².